The van der Waals surface area contributed by atoms with E-state index in [0.29, 0.717) is 10.7 Å². The van der Waals surface area contributed by atoms with Crippen LogP contribution in [0, 0.1) is 6.92 Å². The summed E-state index contributed by atoms with van der Waals surface area (Å²) in [6.07, 6.45) is 1.19. The fourth-order valence-corrected chi connectivity index (χ4v) is 3.61. The van der Waals surface area contributed by atoms with Crippen molar-refractivity contribution in [2.75, 3.05) is 5.01 Å². The van der Waals surface area contributed by atoms with Crippen LogP contribution in [0.5, 0.6) is 5.88 Å². The minimum Gasteiger partial charge on any atom is -0.494 e. The van der Waals surface area contributed by atoms with Crippen LogP contribution in [0.4, 0.5) is 5.69 Å². The topological polar surface area (TPSA) is 108 Å². The van der Waals surface area contributed by atoms with Crippen molar-refractivity contribution in [1.29, 1.82) is 0 Å². The number of hydrogen-bond donors (Lipinski definition) is 2. The number of rotatable bonds is 3. The van der Waals surface area contributed by atoms with Crippen LogP contribution in [0.2, 0.25) is 10.0 Å². The second-order valence-corrected chi connectivity index (χ2v) is 7.97. The summed E-state index contributed by atoms with van der Waals surface area (Å²) in [7, 11) is 0. The van der Waals surface area contributed by atoms with Crippen LogP contribution in [0.1, 0.15) is 18.1 Å². The molecular formula is C22H16Cl2N4O4. The fraction of sp³-hybridized carbons (Fsp3) is 0.0909. The Morgan fingerprint density at radius 2 is 1.72 bits per heavy atom. The number of anilines is 1. The van der Waals surface area contributed by atoms with E-state index in [9.17, 15) is 19.5 Å². The number of H-pyrrole nitrogens is 1. The summed E-state index contributed by atoms with van der Waals surface area (Å²) in [5.74, 6) is -1.17. The monoisotopic (exact) mass is 470 g/mol. The van der Waals surface area contributed by atoms with Crippen molar-refractivity contribution in [3.05, 3.63) is 90.0 Å². The zero-order valence-corrected chi connectivity index (χ0v) is 18.4. The highest BCUT2D eigenvalue weighted by Gasteiger charge is 2.31. The maximum atomic E-state index is 13.0. The molecule has 2 heterocycles. The van der Waals surface area contributed by atoms with E-state index in [1.165, 1.54) is 18.2 Å². The minimum absolute atomic E-state index is 0.0518. The third kappa shape index (κ3) is 3.74. The van der Waals surface area contributed by atoms with Gasteiger partial charge in [-0.15, -0.1) is 0 Å². The molecule has 0 unspecified atom stereocenters. The molecule has 8 nitrogen and oxygen atoms in total. The molecule has 4 rings (SSSR count). The van der Waals surface area contributed by atoms with Gasteiger partial charge in [0.1, 0.15) is 5.56 Å². The number of benzene rings is 2. The first-order valence-corrected chi connectivity index (χ1v) is 10.1. The van der Waals surface area contributed by atoms with E-state index in [1.807, 2.05) is 6.92 Å². The zero-order valence-electron chi connectivity index (χ0n) is 16.9. The quantitative estimate of drug-likeness (QED) is 0.569. The smallest absolute Gasteiger partial charge is 0.335 e. The van der Waals surface area contributed by atoms with Crippen LogP contribution < -0.4 is 16.3 Å². The molecule has 0 saturated heterocycles. The van der Waals surface area contributed by atoms with E-state index >= 15 is 0 Å². The van der Waals surface area contributed by atoms with E-state index in [-0.39, 0.29) is 27.6 Å². The number of amides is 1. The Kier molecular flexibility index (Phi) is 5.50. The lowest BCUT2D eigenvalue weighted by Gasteiger charge is -2.14. The molecule has 0 radical (unpaired) electrons. The number of carbonyl (C=O) groups excluding carboxylic acids is 1. The third-order valence-corrected chi connectivity index (χ3v) is 5.46. The van der Waals surface area contributed by atoms with Gasteiger partial charge in [0.2, 0.25) is 5.88 Å². The van der Waals surface area contributed by atoms with Crippen LogP contribution in [0.15, 0.2) is 62.7 Å². The maximum Gasteiger partial charge on any atom is 0.335 e. The SMILES string of the molecule is CC1=NN(c2cc(Cl)ccc2Cl)C(=O)/C1=C/c1c(O)n(-c2ccc(C)cc2)c(=O)[nH]c1=O. The van der Waals surface area contributed by atoms with Gasteiger partial charge < -0.3 is 5.11 Å². The van der Waals surface area contributed by atoms with Gasteiger partial charge in [-0.25, -0.2) is 9.36 Å². The van der Waals surface area contributed by atoms with Crippen LogP contribution in [0.3, 0.4) is 0 Å². The van der Waals surface area contributed by atoms with Crippen molar-refractivity contribution in [3.63, 3.8) is 0 Å². The lowest BCUT2D eigenvalue weighted by atomic mass is 10.1. The second-order valence-electron chi connectivity index (χ2n) is 7.12. The van der Waals surface area contributed by atoms with Gasteiger partial charge in [-0.2, -0.15) is 10.1 Å². The Balaban J connectivity index is 1.83. The molecule has 3 aromatic rings. The lowest BCUT2D eigenvalue weighted by Crippen LogP contribution is -2.30. The number of carbonyl (C=O) groups is 1. The highest BCUT2D eigenvalue weighted by Crippen LogP contribution is 2.33. The molecule has 0 bridgehead atoms. The van der Waals surface area contributed by atoms with Crippen LogP contribution in [-0.4, -0.2) is 26.3 Å². The number of halogens is 2. The molecule has 2 N–H and O–H groups in total. The molecule has 1 amide bonds. The number of hydrazone groups is 1. The Morgan fingerprint density at radius 3 is 2.41 bits per heavy atom. The molecule has 0 atom stereocenters. The highest BCUT2D eigenvalue weighted by molar-refractivity contribution is 6.38. The van der Waals surface area contributed by atoms with Gasteiger partial charge >= 0.3 is 5.69 Å². The van der Waals surface area contributed by atoms with Crippen molar-refractivity contribution >= 4 is 46.6 Å². The third-order valence-electron chi connectivity index (χ3n) is 4.90. The molecule has 1 aliphatic rings. The Hall–Kier alpha value is -3.62. The summed E-state index contributed by atoms with van der Waals surface area (Å²) < 4.78 is 0.949. The largest absolute Gasteiger partial charge is 0.494 e. The molecule has 1 aliphatic heterocycles. The maximum absolute atomic E-state index is 13.0. The first kappa shape index (κ1) is 21.6. The average molecular weight is 471 g/mol. The lowest BCUT2D eigenvalue weighted by molar-refractivity contribution is -0.114. The first-order chi connectivity index (χ1) is 15.2. The molecule has 0 aliphatic carbocycles. The summed E-state index contributed by atoms with van der Waals surface area (Å²) >= 11 is 12.2. The predicted octanol–water partition coefficient (Wildman–Crippen LogP) is 3.65. The van der Waals surface area contributed by atoms with Crippen LogP contribution in [-0.2, 0) is 4.79 Å². The molecule has 0 spiro atoms. The Bertz CT molecular complexity index is 1440. The Morgan fingerprint density at radius 1 is 1.03 bits per heavy atom. The van der Waals surface area contributed by atoms with Gasteiger partial charge in [-0.1, -0.05) is 40.9 Å². The summed E-state index contributed by atoms with van der Waals surface area (Å²) in [4.78, 5) is 40.1. The summed E-state index contributed by atoms with van der Waals surface area (Å²) in [5.41, 5.74) is 0.00326. The van der Waals surface area contributed by atoms with Crippen LogP contribution >= 0.6 is 23.2 Å². The molecule has 1 aromatic heterocycles. The molecule has 10 heteroatoms. The van der Waals surface area contributed by atoms with Gasteiger partial charge in [0.15, 0.2) is 0 Å². The van der Waals surface area contributed by atoms with Crippen molar-refractivity contribution in [1.82, 2.24) is 9.55 Å². The molecular weight excluding hydrogens is 455 g/mol. The van der Waals surface area contributed by atoms with E-state index in [1.54, 1.807) is 37.3 Å². The zero-order chi connectivity index (χ0) is 23.2. The number of aromatic nitrogens is 2. The van der Waals surface area contributed by atoms with E-state index in [4.69, 9.17) is 23.2 Å². The molecule has 32 heavy (non-hydrogen) atoms. The van der Waals surface area contributed by atoms with E-state index in [2.05, 4.69) is 10.1 Å². The van der Waals surface area contributed by atoms with Gasteiger partial charge in [0.05, 0.1) is 27.7 Å². The standard InChI is InChI=1S/C22H16Cl2N4O4/c1-11-3-6-14(7-4-11)27-20(30)16(19(29)25-22(27)32)10-15-12(2)26-28(21(15)31)18-9-13(23)5-8-17(18)24/h3-10,30H,1-2H3,(H,25,29,32)/b15-10+. The molecule has 162 valence electrons. The van der Waals surface area contributed by atoms with Crippen molar-refractivity contribution in [2.45, 2.75) is 13.8 Å². The Labute approximate surface area is 191 Å². The van der Waals surface area contributed by atoms with E-state index < -0.39 is 23.0 Å². The second kappa shape index (κ2) is 8.14. The molecule has 0 fully saturated rings. The van der Waals surface area contributed by atoms with E-state index in [0.717, 1.165) is 15.1 Å². The number of aromatic amines is 1. The molecule has 2 aromatic carbocycles. The van der Waals surface area contributed by atoms with Gasteiger partial charge in [-0.3, -0.25) is 14.6 Å². The van der Waals surface area contributed by atoms with Gasteiger partial charge in [0.25, 0.3) is 11.5 Å². The van der Waals surface area contributed by atoms with Crippen molar-refractivity contribution in [2.24, 2.45) is 5.10 Å². The number of aryl methyl sites for hydroxylation is 1. The number of hydrogen-bond acceptors (Lipinski definition) is 5. The summed E-state index contributed by atoms with van der Waals surface area (Å²) in [6, 6.07) is 11.4. The fourth-order valence-electron chi connectivity index (χ4n) is 3.24. The number of nitrogens with one attached hydrogen (secondary N) is 1. The highest BCUT2D eigenvalue weighted by atomic mass is 35.5. The normalized spacial score (nSPS) is 14.9. The van der Waals surface area contributed by atoms with Crippen molar-refractivity contribution < 1.29 is 9.90 Å². The summed E-state index contributed by atoms with van der Waals surface area (Å²) in [5, 5.41) is 16.7. The van der Waals surface area contributed by atoms with Crippen LogP contribution in [0.25, 0.3) is 11.8 Å². The molecule has 0 saturated carbocycles. The average Bonchev–Trinajstić information content (AvgIpc) is 3.01. The number of aromatic hydroxyl groups is 1. The first-order valence-electron chi connectivity index (χ1n) is 9.39. The summed E-state index contributed by atoms with van der Waals surface area (Å²) in [6.45, 7) is 3.45. The van der Waals surface area contributed by atoms with Gasteiger partial charge in [0, 0.05) is 5.02 Å². The predicted molar refractivity (Wildman–Crippen MR) is 124 cm³/mol. The van der Waals surface area contributed by atoms with Gasteiger partial charge in [-0.05, 0) is 50.3 Å². The number of nitrogens with zero attached hydrogens (tertiary/aromatic N) is 3. The van der Waals surface area contributed by atoms with Crippen molar-refractivity contribution in [3.8, 4) is 11.6 Å². The minimum atomic E-state index is -0.844.